The van der Waals surface area contributed by atoms with Crippen molar-refractivity contribution in [1.82, 2.24) is 0 Å². The average molecular weight is 281 g/mol. The molecule has 1 aliphatic heterocycles. The molecule has 0 saturated carbocycles. The van der Waals surface area contributed by atoms with Crippen molar-refractivity contribution in [2.24, 2.45) is 0 Å². The maximum atomic E-state index is 10.7. The summed E-state index contributed by atoms with van der Waals surface area (Å²) in [7, 11) is 0. The van der Waals surface area contributed by atoms with Crippen LogP contribution in [0.1, 0.15) is 13.8 Å². The fourth-order valence-electron chi connectivity index (χ4n) is 2.52. The van der Waals surface area contributed by atoms with Crippen LogP contribution in [0.3, 0.4) is 0 Å². The van der Waals surface area contributed by atoms with Gasteiger partial charge in [0.1, 0.15) is 0 Å². The van der Waals surface area contributed by atoms with Crippen LogP contribution in [0.25, 0.3) is 0 Å². The average Bonchev–Trinajstić information content (AvgIpc) is 2.36. The number of anilines is 2. The number of non-ortho nitro benzene ring substituents is 1. The molecule has 0 spiro atoms. The third kappa shape index (κ3) is 3.00. The molecule has 3 N–H and O–H groups in total. The monoisotopic (exact) mass is 281 g/mol. The first-order chi connectivity index (χ1) is 9.32. The van der Waals surface area contributed by atoms with Crippen molar-refractivity contribution in [2.45, 2.75) is 25.6 Å². The third-order valence-electron chi connectivity index (χ3n) is 3.25. The van der Waals surface area contributed by atoms with Crippen LogP contribution in [0.4, 0.5) is 17.1 Å². The van der Waals surface area contributed by atoms with Crippen molar-refractivity contribution < 1.29 is 14.8 Å². The van der Waals surface area contributed by atoms with E-state index in [0.29, 0.717) is 18.8 Å². The molecule has 1 aromatic carbocycles. The number of morpholine rings is 1. The maximum Gasteiger partial charge on any atom is 0.271 e. The summed E-state index contributed by atoms with van der Waals surface area (Å²) >= 11 is 0. The molecule has 1 saturated heterocycles. The summed E-state index contributed by atoms with van der Waals surface area (Å²) in [5.74, 6) is 0. The lowest BCUT2D eigenvalue weighted by Gasteiger charge is -2.43. The molecule has 1 aliphatic rings. The van der Waals surface area contributed by atoms with Crippen LogP contribution in [0.5, 0.6) is 0 Å². The van der Waals surface area contributed by atoms with Crippen LogP contribution < -0.4 is 10.6 Å². The summed E-state index contributed by atoms with van der Waals surface area (Å²) in [6.07, 6.45) is -0.298. The van der Waals surface area contributed by atoms with Crippen LogP contribution in [-0.2, 0) is 4.74 Å². The van der Waals surface area contributed by atoms with Gasteiger partial charge in [0, 0.05) is 25.2 Å². The van der Waals surface area contributed by atoms with E-state index in [4.69, 9.17) is 10.5 Å². The Balaban J connectivity index is 2.28. The standard InChI is InChI=1S/C13H19N3O4/c1-13(2)8-15(6-10(7-17)20-13)12-4-3-9(16(18)19)5-11(12)14/h3-5,10,17H,6-8,14H2,1-2H3. The normalized spacial score (nSPS) is 21.8. The third-order valence-corrected chi connectivity index (χ3v) is 3.25. The molecule has 1 unspecified atom stereocenters. The van der Waals surface area contributed by atoms with E-state index in [-0.39, 0.29) is 18.4 Å². The van der Waals surface area contributed by atoms with Crippen molar-refractivity contribution in [3.63, 3.8) is 0 Å². The number of rotatable bonds is 3. The van der Waals surface area contributed by atoms with Gasteiger partial charge in [0.25, 0.3) is 5.69 Å². The van der Waals surface area contributed by atoms with Gasteiger partial charge in [0.15, 0.2) is 0 Å². The van der Waals surface area contributed by atoms with Gasteiger partial charge in [-0.1, -0.05) is 0 Å². The van der Waals surface area contributed by atoms with Crippen LogP contribution >= 0.6 is 0 Å². The van der Waals surface area contributed by atoms with Gasteiger partial charge in [-0.25, -0.2) is 0 Å². The van der Waals surface area contributed by atoms with Gasteiger partial charge in [0.05, 0.1) is 34.6 Å². The minimum Gasteiger partial charge on any atom is -0.397 e. The first-order valence-electron chi connectivity index (χ1n) is 6.40. The molecule has 0 amide bonds. The second-order valence-corrected chi connectivity index (χ2v) is 5.56. The molecule has 2 rings (SSSR count). The zero-order valence-corrected chi connectivity index (χ0v) is 11.6. The largest absolute Gasteiger partial charge is 0.397 e. The SMILES string of the molecule is CC1(C)CN(c2ccc([N+](=O)[O-])cc2N)CC(CO)O1. The topological polar surface area (TPSA) is 102 Å². The predicted molar refractivity (Wildman–Crippen MR) is 75.8 cm³/mol. The first kappa shape index (κ1) is 14.5. The van der Waals surface area contributed by atoms with E-state index in [1.54, 1.807) is 6.07 Å². The molecule has 1 aromatic rings. The lowest BCUT2D eigenvalue weighted by atomic mass is 10.0. The van der Waals surface area contributed by atoms with Crippen molar-refractivity contribution in [3.05, 3.63) is 28.3 Å². The minimum atomic E-state index is -0.472. The summed E-state index contributed by atoms with van der Waals surface area (Å²) in [5.41, 5.74) is 6.55. The maximum absolute atomic E-state index is 10.7. The van der Waals surface area contributed by atoms with Gasteiger partial charge in [0.2, 0.25) is 0 Å². The Morgan fingerprint density at radius 3 is 2.85 bits per heavy atom. The molecule has 1 heterocycles. The highest BCUT2D eigenvalue weighted by atomic mass is 16.6. The Labute approximate surface area is 117 Å². The number of hydrogen-bond donors (Lipinski definition) is 2. The van der Waals surface area contributed by atoms with Gasteiger partial charge in [-0.2, -0.15) is 0 Å². The summed E-state index contributed by atoms with van der Waals surface area (Å²) in [6.45, 7) is 4.90. The van der Waals surface area contributed by atoms with Crippen LogP contribution in [-0.4, -0.2) is 41.4 Å². The highest BCUT2D eigenvalue weighted by Crippen LogP contribution is 2.32. The fourth-order valence-corrected chi connectivity index (χ4v) is 2.52. The van der Waals surface area contributed by atoms with Gasteiger partial charge in [-0.3, -0.25) is 10.1 Å². The van der Waals surface area contributed by atoms with E-state index in [1.807, 2.05) is 18.7 Å². The second-order valence-electron chi connectivity index (χ2n) is 5.56. The Morgan fingerprint density at radius 1 is 1.60 bits per heavy atom. The number of nitrogens with two attached hydrogens (primary N) is 1. The lowest BCUT2D eigenvalue weighted by Crippen LogP contribution is -2.54. The van der Waals surface area contributed by atoms with E-state index in [1.165, 1.54) is 12.1 Å². The van der Waals surface area contributed by atoms with E-state index in [2.05, 4.69) is 0 Å². The van der Waals surface area contributed by atoms with E-state index in [0.717, 1.165) is 5.69 Å². The van der Waals surface area contributed by atoms with Gasteiger partial charge in [-0.05, 0) is 19.9 Å². The molecule has 20 heavy (non-hydrogen) atoms. The van der Waals surface area contributed by atoms with E-state index >= 15 is 0 Å². The number of ether oxygens (including phenoxy) is 1. The number of benzene rings is 1. The van der Waals surface area contributed by atoms with Crippen LogP contribution in [0.2, 0.25) is 0 Å². The molecule has 0 bridgehead atoms. The second kappa shape index (κ2) is 5.26. The number of aliphatic hydroxyl groups excluding tert-OH is 1. The van der Waals surface area contributed by atoms with Crippen molar-refractivity contribution in [2.75, 3.05) is 30.3 Å². The Hall–Kier alpha value is -1.86. The zero-order valence-electron chi connectivity index (χ0n) is 11.6. The Kier molecular flexibility index (Phi) is 3.82. The quantitative estimate of drug-likeness (QED) is 0.489. The number of nitrogens with zero attached hydrogens (tertiary/aromatic N) is 2. The van der Waals surface area contributed by atoms with Gasteiger partial charge in [-0.15, -0.1) is 0 Å². The van der Waals surface area contributed by atoms with Gasteiger partial charge < -0.3 is 20.5 Å². The highest BCUT2D eigenvalue weighted by molar-refractivity contribution is 5.71. The Morgan fingerprint density at radius 2 is 2.30 bits per heavy atom. The molecular formula is C13H19N3O4. The highest BCUT2D eigenvalue weighted by Gasteiger charge is 2.34. The number of nitro benzene ring substituents is 1. The van der Waals surface area contributed by atoms with Crippen molar-refractivity contribution >= 4 is 17.1 Å². The smallest absolute Gasteiger partial charge is 0.271 e. The van der Waals surface area contributed by atoms with Crippen molar-refractivity contribution in [3.8, 4) is 0 Å². The summed E-state index contributed by atoms with van der Waals surface area (Å²) in [5, 5.41) is 20.0. The zero-order chi connectivity index (χ0) is 14.9. The number of aliphatic hydroxyl groups is 1. The number of hydrogen-bond acceptors (Lipinski definition) is 6. The number of nitrogen functional groups attached to an aromatic ring is 1. The molecule has 110 valence electrons. The van der Waals surface area contributed by atoms with Gasteiger partial charge >= 0.3 is 0 Å². The first-order valence-corrected chi connectivity index (χ1v) is 6.40. The predicted octanol–water partition coefficient (Wildman–Crippen LogP) is 1.15. The van der Waals surface area contributed by atoms with Crippen LogP contribution in [0, 0.1) is 10.1 Å². The molecule has 7 heteroatoms. The molecular weight excluding hydrogens is 262 g/mol. The summed E-state index contributed by atoms with van der Waals surface area (Å²) in [6, 6.07) is 4.43. The molecule has 0 aliphatic carbocycles. The Bertz CT molecular complexity index is 518. The molecule has 0 radical (unpaired) electrons. The fraction of sp³-hybridized carbons (Fsp3) is 0.538. The van der Waals surface area contributed by atoms with E-state index < -0.39 is 10.5 Å². The lowest BCUT2D eigenvalue weighted by molar-refractivity contribution is -0.384. The molecule has 1 atom stereocenters. The summed E-state index contributed by atoms with van der Waals surface area (Å²) in [4.78, 5) is 12.2. The molecule has 0 aromatic heterocycles. The molecule has 1 fully saturated rings. The van der Waals surface area contributed by atoms with Crippen LogP contribution in [0.15, 0.2) is 18.2 Å². The minimum absolute atomic E-state index is 0.0301. The summed E-state index contributed by atoms with van der Waals surface area (Å²) < 4.78 is 5.74. The number of nitro groups is 1. The van der Waals surface area contributed by atoms with E-state index in [9.17, 15) is 15.2 Å². The molecule has 7 nitrogen and oxygen atoms in total. The van der Waals surface area contributed by atoms with Crippen molar-refractivity contribution in [1.29, 1.82) is 0 Å².